The first-order chi connectivity index (χ1) is 20.7. The van der Waals surface area contributed by atoms with Gasteiger partial charge in [-0.1, -0.05) is 18.2 Å². The van der Waals surface area contributed by atoms with Gasteiger partial charge in [-0.3, -0.25) is 0 Å². The van der Waals surface area contributed by atoms with Crippen LogP contribution in [0.4, 0.5) is 42.1 Å². The zero-order valence-corrected chi connectivity index (χ0v) is 23.4. The Morgan fingerprint density at radius 3 is 2.23 bits per heavy atom. The molecular formula is C31H31F7N2O4. The Balaban J connectivity index is 1.44. The Kier molecular flexibility index (Phi) is 11.9. The Hall–Kier alpha value is -4.42. The standard InChI is InChI=1S/C31H31F7N2O4/c32-28-24(13-14-26(29(28)33)42-18-4-16-30(34,35)36)31(37,38)44-23-11-6-20(7-12-23)8-15-27(41)43-17-3-1-2-5-21-9-10-22(39)19-25(21)40/h6-15,19H,1-5,16-18,39-40H2/b15-8+. The third-order valence-corrected chi connectivity index (χ3v) is 6.27. The number of hydrogen-bond donors (Lipinski definition) is 2. The topological polar surface area (TPSA) is 96.8 Å². The molecule has 0 heterocycles. The van der Waals surface area contributed by atoms with Gasteiger partial charge in [-0.05, 0) is 85.7 Å². The molecule has 0 aliphatic rings. The van der Waals surface area contributed by atoms with Gasteiger partial charge >= 0.3 is 18.3 Å². The number of nitrogens with two attached hydrogens (primary N) is 2. The summed E-state index contributed by atoms with van der Waals surface area (Å²) in [5.74, 6) is -5.53. The third kappa shape index (κ3) is 10.7. The van der Waals surface area contributed by atoms with Gasteiger partial charge in [0.2, 0.25) is 5.82 Å². The lowest BCUT2D eigenvalue weighted by Crippen LogP contribution is -2.24. The van der Waals surface area contributed by atoms with E-state index in [1.807, 2.05) is 6.07 Å². The van der Waals surface area contributed by atoms with Gasteiger partial charge in [0.05, 0.1) is 13.2 Å². The quantitative estimate of drug-likeness (QED) is 0.0583. The second-order valence-corrected chi connectivity index (χ2v) is 9.76. The van der Waals surface area contributed by atoms with Crippen molar-refractivity contribution in [3.8, 4) is 11.5 Å². The van der Waals surface area contributed by atoms with E-state index in [-0.39, 0.29) is 12.4 Å². The van der Waals surface area contributed by atoms with E-state index in [1.165, 1.54) is 24.3 Å². The van der Waals surface area contributed by atoms with Gasteiger partial charge in [-0.15, -0.1) is 0 Å². The van der Waals surface area contributed by atoms with Crippen molar-refractivity contribution in [2.75, 3.05) is 24.7 Å². The average Bonchev–Trinajstić information content (AvgIpc) is 2.95. The second-order valence-electron chi connectivity index (χ2n) is 9.76. The minimum atomic E-state index is -4.45. The number of ether oxygens (including phenoxy) is 3. The van der Waals surface area contributed by atoms with Crippen LogP contribution in [-0.4, -0.2) is 25.4 Å². The largest absolute Gasteiger partial charge is 0.490 e. The number of hydrogen-bond acceptors (Lipinski definition) is 6. The fourth-order valence-electron chi connectivity index (χ4n) is 3.99. The second kappa shape index (κ2) is 15.3. The van der Waals surface area contributed by atoms with Crippen LogP contribution in [0.25, 0.3) is 6.08 Å². The maximum Gasteiger partial charge on any atom is 0.429 e. The third-order valence-electron chi connectivity index (χ3n) is 6.27. The molecule has 0 unspecified atom stereocenters. The lowest BCUT2D eigenvalue weighted by atomic mass is 10.0. The lowest BCUT2D eigenvalue weighted by molar-refractivity contribution is -0.187. The molecule has 6 nitrogen and oxygen atoms in total. The highest BCUT2D eigenvalue weighted by Crippen LogP contribution is 2.36. The highest BCUT2D eigenvalue weighted by Gasteiger charge is 2.39. The van der Waals surface area contributed by atoms with Crippen LogP contribution >= 0.6 is 0 Å². The molecule has 0 aromatic heterocycles. The molecule has 0 spiro atoms. The number of carbonyl (C=O) groups excluding carboxylic acids is 1. The molecule has 3 aromatic carbocycles. The van der Waals surface area contributed by atoms with Gasteiger partial charge in [0.1, 0.15) is 11.3 Å². The van der Waals surface area contributed by atoms with Gasteiger partial charge in [-0.2, -0.15) is 26.3 Å². The first-order valence-corrected chi connectivity index (χ1v) is 13.6. The molecule has 3 rings (SSSR count). The number of alkyl halides is 5. The number of carbonyl (C=O) groups is 1. The van der Waals surface area contributed by atoms with Crippen molar-refractivity contribution in [2.24, 2.45) is 0 Å². The summed E-state index contributed by atoms with van der Waals surface area (Å²) in [7, 11) is 0. The molecule has 0 bridgehead atoms. The lowest BCUT2D eigenvalue weighted by Gasteiger charge is -2.20. The van der Waals surface area contributed by atoms with Crippen LogP contribution in [-0.2, 0) is 22.1 Å². The number of unbranched alkanes of at least 4 members (excludes halogenated alkanes) is 2. The van der Waals surface area contributed by atoms with Gasteiger partial charge in [-0.25, -0.2) is 9.18 Å². The van der Waals surface area contributed by atoms with Crippen molar-refractivity contribution in [1.82, 2.24) is 0 Å². The van der Waals surface area contributed by atoms with E-state index in [1.54, 1.807) is 12.1 Å². The number of nitrogen functional groups attached to an aromatic ring is 2. The maximum atomic E-state index is 14.6. The molecule has 4 N–H and O–H groups in total. The van der Waals surface area contributed by atoms with E-state index in [0.29, 0.717) is 35.5 Å². The Labute approximate surface area is 249 Å². The van der Waals surface area contributed by atoms with Crippen molar-refractivity contribution in [2.45, 2.75) is 50.8 Å². The highest BCUT2D eigenvalue weighted by molar-refractivity contribution is 5.87. The molecule has 3 aromatic rings. The molecule has 44 heavy (non-hydrogen) atoms. The van der Waals surface area contributed by atoms with E-state index < -0.39 is 60.7 Å². The normalized spacial score (nSPS) is 12.0. The molecule has 0 aliphatic carbocycles. The van der Waals surface area contributed by atoms with Crippen LogP contribution in [0.2, 0.25) is 0 Å². The molecule has 13 heteroatoms. The van der Waals surface area contributed by atoms with Crippen molar-refractivity contribution in [3.05, 3.63) is 89.0 Å². The van der Waals surface area contributed by atoms with Crippen molar-refractivity contribution in [1.29, 1.82) is 0 Å². The van der Waals surface area contributed by atoms with Crippen molar-refractivity contribution in [3.63, 3.8) is 0 Å². The van der Waals surface area contributed by atoms with Crippen molar-refractivity contribution >= 4 is 23.4 Å². The highest BCUT2D eigenvalue weighted by atomic mass is 19.4. The fraction of sp³-hybridized carbons (Fsp3) is 0.323. The molecular weight excluding hydrogens is 597 g/mol. The summed E-state index contributed by atoms with van der Waals surface area (Å²) in [6, 6.07) is 11.6. The summed E-state index contributed by atoms with van der Waals surface area (Å²) < 4.78 is 109. The van der Waals surface area contributed by atoms with Crippen molar-refractivity contribution < 1.29 is 49.7 Å². The molecule has 0 radical (unpaired) electrons. The molecule has 0 saturated heterocycles. The van der Waals surface area contributed by atoms with Gasteiger partial charge in [0, 0.05) is 23.9 Å². The molecule has 0 amide bonds. The van der Waals surface area contributed by atoms with E-state index in [0.717, 1.165) is 37.0 Å². The van der Waals surface area contributed by atoms with Crippen LogP contribution in [0.5, 0.6) is 11.5 Å². The number of anilines is 2. The van der Waals surface area contributed by atoms with Crippen LogP contribution < -0.4 is 20.9 Å². The summed E-state index contributed by atoms with van der Waals surface area (Å²) in [4.78, 5) is 12.0. The fourth-order valence-corrected chi connectivity index (χ4v) is 3.99. The Morgan fingerprint density at radius 1 is 0.818 bits per heavy atom. The maximum absolute atomic E-state index is 14.6. The predicted octanol–water partition coefficient (Wildman–Crippen LogP) is 7.95. The van der Waals surface area contributed by atoms with Gasteiger partial charge < -0.3 is 25.7 Å². The summed E-state index contributed by atoms with van der Waals surface area (Å²) in [5.41, 5.74) is 12.9. The minimum absolute atomic E-state index is 0.213. The summed E-state index contributed by atoms with van der Waals surface area (Å²) in [6.07, 6.45) is -4.83. The molecule has 0 saturated carbocycles. The zero-order valence-electron chi connectivity index (χ0n) is 23.4. The van der Waals surface area contributed by atoms with Gasteiger partial charge in [0.25, 0.3) is 0 Å². The van der Waals surface area contributed by atoms with E-state index in [4.69, 9.17) is 20.9 Å². The number of benzene rings is 3. The van der Waals surface area contributed by atoms with Crippen LogP contribution in [0.15, 0.2) is 60.7 Å². The molecule has 0 aliphatic heterocycles. The SMILES string of the molecule is Nc1ccc(CCCCCOC(=O)/C=C/c2ccc(OC(F)(F)c3ccc(OCCCC(F)(F)F)c(F)c3F)cc2)c(N)c1. The number of halogens is 7. The van der Waals surface area contributed by atoms with E-state index in [9.17, 15) is 35.5 Å². The number of rotatable bonds is 15. The van der Waals surface area contributed by atoms with E-state index in [2.05, 4.69) is 4.74 Å². The number of esters is 1. The van der Waals surface area contributed by atoms with E-state index >= 15 is 0 Å². The monoisotopic (exact) mass is 628 g/mol. The minimum Gasteiger partial charge on any atom is -0.490 e. The van der Waals surface area contributed by atoms with Crippen LogP contribution in [0.1, 0.15) is 48.8 Å². The zero-order chi connectivity index (χ0) is 32.3. The first-order valence-electron chi connectivity index (χ1n) is 13.6. The summed E-state index contributed by atoms with van der Waals surface area (Å²) in [6.45, 7) is -0.381. The Morgan fingerprint density at radius 2 is 1.55 bits per heavy atom. The van der Waals surface area contributed by atoms with Gasteiger partial charge in [0.15, 0.2) is 11.6 Å². The molecule has 0 fully saturated rings. The molecule has 238 valence electrons. The number of aryl methyl sites for hydroxylation is 1. The smallest absolute Gasteiger partial charge is 0.429 e. The first kappa shape index (κ1) is 34.1. The predicted molar refractivity (Wildman–Crippen MR) is 151 cm³/mol. The average molecular weight is 629 g/mol. The summed E-state index contributed by atoms with van der Waals surface area (Å²) in [5, 5.41) is 0. The van der Waals surface area contributed by atoms with Crippen LogP contribution in [0.3, 0.4) is 0 Å². The molecule has 0 atom stereocenters. The summed E-state index contributed by atoms with van der Waals surface area (Å²) >= 11 is 0. The Bertz CT molecular complexity index is 1430. The van der Waals surface area contributed by atoms with Crippen LogP contribution in [0, 0.1) is 11.6 Å².